The van der Waals surface area contributed by atoms with Crippen LogP contribution in [-0.2, 0) is 14.8 Å². The number of nitrogens with zero attached hydrogens (tertiary/aromatic N) is 1. The van der Waals surface area contributed by atoms with E-state index in [1.165, 1.54) is 4.31 Å². The summed E-state index contributed by atoms with van der Waals surface area (Å²) in [5.74, 6) is 0. The van der Waals surface area contributed by atoms with E-state index in [9.17, 15) is 8.42 Å². The van der Waals surface area contributed by atoms with Crippen molar-refractivity contribution in [3.05, 3.63) is 23.8 Å². The van der Waals surface area contributed by atoms with Crippen LogP contribution in [0.1, 0.15) is 25.3 Å². The molecule has 0 aromatic heterocycles. The van der Waals surface area contributed by atoms with Crippen molar-refractivity contribution in [2.24, 2.45) is 0 Å². The van der Waals surface area contributed by atoms with Crippen molar-refractivity contribution in [2.75, 3.05) is 25.4 Å². The molecule has 1 aromatic rings. The average molecular weight is 298 g/mol. The molecule has 2 rings (SSSR count). The Hall–Kier alpha value is -1.11. The highest BCUT2D eigenvalue weighted by Crippen LogP contribution is 2.25. The van der Waals surface area contributed by atoms with E-state index in [-0.39, 0.29) is 11.0 Å². The SMILES string of the molecule is CCN(CC1CCCO1)S(=O)(=O)c1ccc(C)cc1N. The number of likely N-dealkylation sites (N-methyl/N-ethyl adjacent to an activating group) is 1. The van der Waals surface area contributed by atoms with E-state index in [1.54, 1.807) is 18.2 Å². The summed E-state index contributed by atoms with van der Waals surface area (Å²) in [5, 5.41) is 0. The second-order valence-corrected chi connectivity index (χ2v) is 7.04. The van der Waals surface area contributed by atoms with Crippen LogP contribution in [-0.4, -0.2) is 38.5 Å². The number of hydrogen-bond acceptors (Lipinski definition) is 4. The van der Waals surface area contributed by atoms with E-state index in [0.29, 0.717) is 18.8 Å². The van der Waals surface area contributed by atoms with Crippen LogP contribution in [0.5, 0.6) is 0 Å². The highest BCUT2D eigenvalue weighted by Gasteiger charge is 2.29. The number of aryl methyl sites for hydroxylation is 1. The molecule has 5 nitrogen and oxygen atoms in total. The van der Waals surface area contributed by atoms with E-state index in [0.717, 1.165) is 25.0 Å². The maximum atomic E-state index is 12.7. The van der Waals surface area contributed by atoms with Crippen molar-refractivity contribution < 1.29 is 13.2 Å². The fourth-order valence-corrected chi connectivity index (χ4v) is 4.03. The molecular formula is C14H22N2O3S. The third-order valence-corrected chi connectivity index (χ3v) is 5.58. The summed E-state index contributed by atoms with van der Waals surface area (Å²) in [6, 6.07) is 5.04. The lowest BCUT2D eigenvalue weighted by Crippen LogP contribution is -2.37. The zero-order valence-corrected chi connectivity index (χ0v) is 12.8. The van der Waals surface area contributed by atoms with Crippen molar-refractivity contribution in [2.45, 2.75) is 37.7 Å². The number of rotatable bonds is 5. The van der Waals surface area contributed by atoms with Crippen molar-refractivity contribution in [1.29, 1.82) is 0 Å². The maximum Gasteiger partial charge on any atom is 0.245 e. The van der Waals surface area contributed by atoms with E-state index in [4.69, 9.17) is 10.5 Å². The Morgan fingerprint density at radius 3 is 2.75 bits per heavy atom. The highest BCUT2D eigenvalue weighted by atomic mass is 32.2. The lowest BCUT2D eigenvalue weighted by Gasteiger charge is -2.24. The van der Waals surface area contributed by atoms with Gasteiger partial charge in [0.05, 0.1) is 11.8 Å². The Kier molecular flexibility index (Phi) is 4.67. The van der Waals surface area contributed by atoms with Crippen LogP contribution in [0.2, 0.25) is 0 Å². The molecule has 1 saturated heterocycles. The average Bonchev–Trinajstić information content (AvgIpc) is 2.88. The van der Waals surface area contributed by atoms with Crippen molar-refractivity contribution in [3.8, 4) is 0 Å². The van der Waals surface area contributed by atoms with Crippen LogP contribution in [0.25, 0.3) is 0 Å². The Morgan fingerprint density at radius 1 is 1.45 bits per heavy atom. The van der Waals surface area contributed by atoms with Gasteiger partial charge in [0.2, 0.25) is 10.0 Å². The van der Waals surface area contributed by atoms with Gasteiger partial charge >= 0.3 is 0 Å². The van der Waals surface area contributed by atoms with Crippen LogP contribution in [0.3, 0.4) is 0 Å². The second kappa shape index (κ2) is 6.11. The third-order valence-electron chi connectivity index (χ3n) is 3.57. The summed E-state index contributed by atoms with van der Waals surface area (Å²) in [4.78, 5) is 0.183. The van der Waals surface area contributed by atoms with Crippen molar-refractivity contribution in [1.82, 2.24) is 4.31 Å². The standard InChI is InChI=1S/C14H22N2O3S/c1-3-16(10-12-5-4-8-19-12)20(17,18)14-7-6-11(2)9-13(14)15/h6-7,9,12H,3-5,8,10,15H2,1-2H3. The van der Waals surface area contributed by atoms with Crippen LogP contribution in [0.4, 0.5) is 5.69 Å². The summed E-state index contributed by atoms with van der Waals surface area (Å²) in [6.45, 7) is 5.24. The first-order valence-corrected chi connectivity index (χ1v) is 8.37. The van der Waals surface area contributed by atoms with Crippen molar-refractivity contribution in [3.63, 3.8) is 0 Å². The first-order chi connectivity index (χ1) is 9.45. The first-order valence-electron chi connectivity index (χ1n) is 6.93. The van der Waals surface area contributed by atoms with Crippen LogP contribution < -0.4 is 5.73 Å². The zero-order valence-electron chi connectivity index (χ0n) is 12.0. The van der Waals surface area contributed by atoms with Crippen LogP contribution >= 0.6 is 0 Å². The maximum absolute atomic E-state index is 12.7. The molecule has 112 valence electrons. The summed E-state index contributed by atoms with van der Waals surface area (Å²) in [5.41, 5.74) is 7.12. The van der Waals surface area contributed by atoms with Gasteiger partial charge in [0.25, 0.3) is 0 Å². The smallest absolute Gasteiger partial charge is 0.245 e. The van der Waals surface area contributed by atoms with Gasteiger partial charge in [0.15, 0.2) is 0 Å². The fourth-order valence-electron chi connectivity index (χ4n) is 2.45. The number of hydrogen-bond donors (Lipinski definition) is 1. The largest absolute Gasteiger partial charge is 0.398 e. The normalized spacial score (nSPS) is 19.6. The van der Waals surface area contributed by atoms with Gasteiger partial charge in [-0.05, 0) is 37.5 Å². The molecule has 1 fully saturated rings. The molecule has 0 radical (unpaired) electrons. The van der Waals surface area contributed by atoms with Crippen LogP contribution in [0.15, 0.2) is 23.1 Å². The molecule has 0 spiro atoms. The molecule has 2 N–H and O–H groups in total. The molecule has 1 unspecified atom stereocenters. The van der Waals surface area contributed by atoms with E-state index >= 15 is 0 Å². The van der Waals surface area contributed by atoms with Gasteiger partial charge in [-0.3, -0.25) is 0 Å². The Labute approximate surface area is 120 Å². The molecule has 1 aliphatic rings. The molecule has 1 heterocycles. The lowest BCUT2D eigenvalue weighted by molar-refractivity contribution is 0.0947. The summed E-state index contributed by atoms with van der Waals surface area (Å²) < 4.78 is 32.3. The number of benzene rings is 1. The quantitative estimate of drug-likeness (QED) is 0.841. The molecule has 1 atom stereocenters. The summed E-state index contributed by atoms with van der Waals surface area (Å²) in [7, 11) is -3.56. The number of ether oxygens (including phenoxy) is 1. The number of nitrogen functional groups attached to an aromatic ring is 1. The van der Waals surface area contributed by atoms with E-state index < -0.39 is 10.0 Å². The summed E-state index contributed by atoms with van der Waals surface area (Å²) in [6.07, 6.45) is 1.90. The molecule has 0 aliphatic carbocycles. The van der Waals surface area contributed by atoms with Gasteiger partial charge in [-0.15, -0.1) is 0 Å². The van der Waals surface area contributed by atoms with Crippen LogP contribution in [0, 0.1) is 6.92 Å². The Balaban J connectivity index is 2.26. The Bertz CT molecular complexity index is 566. The number of anilines is 1. The monoisotopic (exact) mass is 298 g/mol. The highest BCUT2D eigenvalue weighted by molar-refractivity contribution is 7.89. The molecule has 0 amide bonds. The molecule has 1 aliphatic heterocycles. The van der Waals surface area contributed by atoms with Gasteiger partial charge in [-0.25, -0.2) is 8.42 Å². The molecule has 0 saturated carbocycles. The van der Waals surface area contributed by atoms with Gasteiger partial charge in [-0.2, -0.15) is 4.31 Å². The molecule has 20 heavy (non-hydrogen) atoms. The molecule has 0 bridgehead atoms. The van der Waals surface area contributed by atoms with Gasteiger partial charge in [0.1, 0.15) is 4.90 Å². The zero-order chi connectivity index (χ0) is 14.8. The molecule has 1 aromatic carbocycles. The lowest BCUT2D eigenvalue weighted by atomic mass is 10.2. The van der Waals surface area contributed by atoms with Crippen molar-refractivity contribution >= 4 is 15.7 Å². The van der Waals surface area contributed by atoms with Gasteiger partial charge in [0, 0.05) is 19.7 Å². The fraction of sp³-hybridized carbons (Fsp3) is 0.571. The topological polar surface area (TPSA) is 72.6 Å². The number of nitrogens with two attached hydrogens (primary N) is 1. The van der Waals surface area contributed by atoms with Gasteiger partial charge < -0.3 is 10.5 Å². The number of sulfonamides is 1. The summed E-state index contributed by atoms with van der Waals surface area (Å²) >= 11 is 0. The third kappa shape index (κ3) is 3.13. The molecule has 6 heteroatoms. The van der Waals surface area contributed by atoms with Gasteiger partial charge in [-0.1, -0.05) is 13.0 Å². The predicted molar refractivity (Wildman–Crippen MR) is 79.0 cm³/mol. The minimum absolute atomic E-state index is 0.00334. The minimum Gasteiger partial charge on any atom is -0.398 e. The minimum atomic E-state index is -3.56. The first kappa shape index (κ1) is 15.3. The Morgan fingerprint density at radius 2 is 2.20 bits per heavy atom. The second-order valence-electron chi connectivity index (χ2n) is 5.13. The van der Waals surface area contributed by atoms with E-state index in [2.05, 4.69) is 0 Å². The molecular weight excluding hydrogens is 276 g/mol. The predicted octanol–water partition coefficient (Wildman–Crippen LogP) is 1.77. The van der Waals surface area contributed by atoms with E-state index in [1.807, 2.05) is 13.8 Å².